The highest BCUT2D eigenvalue weighted by atomic mass is 35.5. The third-order valence-corrected chi connectivity index (χ3v) is 16.7. The van der Waals surface area contributed by atoms with Gasteiger partial charge in [-0.3, -0.25) is 22.6 Å². The smallest absolute Gasteiger partial charge is 0.425 e. The molecule has 5 aromatic carbocycles. The molecule has 3 heterocycles. The van der Waals surface area contributed by atoms with Crippen LogP contribution < -0.4 is 4.74 Å². The van der Waals surface area contributed by atoms with Crippen molar-refractivity contribution in [1.82, 2.24) is 14.4 Å². The summed E-state index contributed by atoms with van der Waals surface area (Å²) in [6.07, 6.45) is -0.122. The third-order valence-electron chi connectivity index (χ3n) is 11.0. The number of halogens is 1. The monoisotopic (exact) mass is 1320 g/mol. The minimum atomic E-state index is -4.86. The van der Waals surface area contributed by atoms with Crippen LogP contribution in [0.15, 0.2) is 112 Å². The fourth-order valence-electron chi connectivity index (χ4n) is 7.45. The first-order valence-electron chi connectivity index (χ1n) is 22.4. The quantitative estimate of drug-likeness (QED) is 0.0231. The summed E-state index contributed by atoms with van der Waals surface area (Å²) in [5, 5.41) is 48.5. The van der Waals surface area contributed by atoms with Gasteiger partial charge in [0.25, 0.3) is 40.5 Å². The number of ether oxygens (including phenoxy) is 1. The van der Waals surface area contributed by atoms with Gasteiger partial charge in [0.15, 0.2) is 11.3 Å². The topological polar surface area (TPSA) is 477 Å². The van der Waals surface area contributed by atoms with E-state index >= 15 is 0 Å². The van der Waals surface area contributed by atoms with Gasteiger partial charge in [-0.25, -0.2) is 9.97 Å². The van der Waals surface area contributed by atoms with Gasteiger partial charge in [0.2, 0.25) is 11.0 Å². The number of aryl methyl sites for hydroxylation is 2. The van der Waals surface area contributed by atoms with E-state index in [1.807, 2.05) is 0 Å². The van der Waals surface area contributed by atoms with Gasteiger partial charge in [-0.2, -0.15) is 44.0 Å². The number of nitrogens with zero attached hydrogens (tertiary/aromatic N) is 10. The van der Waals surface area contributed by atoms with Crippen molar-refractivity contribution in [1.29, 1.82) is 5.26 Å². The van der Waals surface area contributed by atoms with Crippen LogP contribution in [0.1, 0.15) is 35.1 Å². The number of rotatable bonds is 18. The molecule has 0 aliphatic heterocycles. The molecule has 3 aromatic heterocycles. The van der Waals surface area contributed by atoms with E-state index in [1.165, 1.54) is 22.6 Å². The highest BCUT2D eigenvalue weighted by Crippen LogP contribution is 2.44. The Kier molecular flexibility index (Phi) is 20.6. The predicted octanol–water partition coefficient (Wildman–Crippen LogP) is 9.16. The van der Waals surface area contributed by atoms with E-state index in [0.717, 1.165) is 41.3 Å². The van der Waals surface area contributed by atoms with Gasteiger partial charge in [0.05, 0.1) is 55.8 Å². The normalized spacial score (nSPS) is 12.3. The van der Waals surface area contributed by atoms with Crippen molar-refractivity contribution >= 4 is 168 Å². The molecule has 8 aromatic rings. The van der Waals surface area contributed by atoms with E-state index in [1.54, 1.807) is 51.1 Å². The highest BCUT2D eigenvalue weighted by molar-refractivity contribution is 7.99. The van der Waals surface area contributed by atoms with Crippen molar-refractivity contribution in [2.75, 3.05) is 23.9 Å². The molecule has 5 N–H and O–H groups in total. The Balaban J connectivity index is 0.00000130. The second-order valence-electron chi connectivity index (χ2n) is 16.8. The Hall–Kier alpha value is -7.39. The molecule has 438 valence electrons. The lowest BCUT2D eigenvalue weighted by Crippen LogP contribution is -2.08. The molecule has 0 aliphatic carbocycles. The molecule has 0 saturated heterocycles. The second-order valence-corrected chi connectivity index (χ2v) is 26.1. The number of nitriles is 1. The largest absolute Gasteiger partial charge is 0.493 e. The summed E-state index contributed by atoms with van der Waals surface area (Å²) in [5.41, 5.74) is 2.73. The molecule has 0 amide bonds. The Morgan fingerprint density at radius 2 is 1.30 bits per heavy atom. The van der Waals surface area contributed by atoms with Gasteiger partial charge < -0.3 is 9.84 Å². The van der Waals surface area contributed by atoms with Crippen molar-refractivity contribution in [3.63, 3.8) is 0 Å². The summed E-state index contributed by atoms with van der Waals surface area (Å²) < 4.78 is 191. The van der Waals surface area contributed by atoms with E-state index in [-0.39, 0.29) is 102 Å². The number of benzene rings is 5. The Morgan fingerprint density at radius 3 is 1.92 bits per heavy atom. The number of aromatic hydroxyl groups is 1. The number of azo groups is 3. The molecule has 0 aliphatic rings. The number of thiazole rings is 1. The summed E-state index contributed by atoms with van der Waals surface area (Å²) in [6.45, 7) is 4.64. The van der Waals surface area contributed by atoms with Crippen LogP contribution in [0, 0.1) is 32.1 Å². The molecular weight excluding hydrogens is 1280 g/mol. The summed E-state index contributed by atoms with van der Waals surface area (Å²) in [7, 11) is -24.4. The zero-order valence-electron chi connectivity index (χ0n) is 42.1. The number of aromatic nitrogens is 3. The molecule has 0 radical (unpaired) electrons. The molecule has 0 unspecified atom stereocenters. The van der Waals surface area contributed by atoms with Crippen molar-refractivity contribution in [3.05, 3.63) is 94.0 Å². The van der Waals surface area contributed by atoms with Gasteiger partial charge in [-0.1, -0.05) is 29.0 Å². The first kappa shape index (κ1) is 64.8. The van der Waals surface area contributed by atoms with E-state index in [9.17, 15) is 62.3 Å². The molecule has 0 spiro atoms. The fraction of sp³-hybridized carbons (Fsp3) is 0.205. The van der Waals surface area contributed by atoms with Gasteiger partial charge >= 0.3 is 21.2 Å². The molecule has 0 fully saturated rings. The lowest BCUT2D eigenvalue weighted by atomic mass is 10.1. The molecule has 0 atom stereocenters. The molecule has 30 nitrogen and oxygen atoms in total. The first-order chi connectivity index (χ1) is 38.6. The Morgan fingerprint density at radius 1 is 0.711 bits per heavy atom. The summed E-state index contributed by atoms with van der Waals surface area (Å²) in [5.74, 6) is -1.40. The minimum Gasteiger partial charge on any atom is -0.493 e. The number of fused-ring (bicyclic) bond motifs is 6. The maximum atomic E-state index is 12.4. The maximum Gasteiger partial charge on any atom is 0.425 e. The fourth-order valence-corrected chi connectivity index (χ4v) is 11.9. The average molecular weight is 1320 g/mol. The van der Waals surface area contributed by atoms with Gasteiger partial charge in [-0.05, 0) is 110 Å². The van der Waals surface area contributed by atoms with Crippen LogP contribution in [0.25, 0.3) is 37.7 Å². The summed E-state index contributed by atoms with van der Waals surface area (Å²) in [4.78, 5) is 8.10. The molecule has 0 saturated carbocycles. The van der Waals surface area contributed by atoms with E-state index in [2.05, 4.69) is 46.7 Å². The number of thioether (sulfide) groups is 1. The Bertz CT molecular complexity index is 4770. The van der Waals surface area contributed by atoms with Crippen molar-refractivity contribution in [2.24, 2.45) is 30.7 Å². The van der Waals surface area contributed by atoms with E-state index in [0.29, 0.717) is 32.1 Å². The van der Waals surface area contributed by atoms with Crippen molar-refractivity contribution in [3.8, 4) is 17.7 Å². The standard InChI is InChI=1S/C44H37ClN10O14S6.2O3S/c1-22-14-33(51-53-39-24(3)29(21-46)42-47-30-9-7-26(45)17-35(30)55(42)43(39)56)36(69-10-4-12-72(57,58)59)19-31(22)49-52-34-15-23(2)32(20-37(34)70-11-5-13-73(60,61)62)50-54-44-48-40-38(75(66,67)68)16-25-6-8-27(74(63,64)65)18-28(25)41(40)71-44;2*1-4(2)3/h6-9,14-20,56H,4-5,10-13H2,1-3H3,(H,57,58,59)(H,60,61,62)(H,63,64,65)(H,66,67,68);;. The molecule has 0 bridgehead atoms. The number of hydrogen-bond acceptors (Lipinski definition) is 27. The highest BCUT2D eigenvalue weighted by Gasteiger charge is 2.24. The Labute approximate surface area is 485 Å². The van der Waals surface area contributed by atoms with Crippen LogP contribution >= 0.6 is 34.7 Å². The van der Waals surface area contributed by atoms with Gasteiger partial charge in [0.1, 0.15) is 33.5 Å². The predicted molar refractivity (Wildman–Crippen MR) is 298 cm³/mol. The lowest BCUT2D eigenvalue weighted by Gasteiger charge is -2.12. The van der Waals surface area contributed by atoms with E-state index in [4.69, 9.17) is 41.6 Å². The molecule has 8 rings (SSSR count). The van der Waals surface area contributed by atoms with Crippen LogP contribution in [0.3, 0.4) is 0 Å². The number of imidazole rings is 1. The van der Waals surface area contributed by atoms with Gasteiger partial charge in [-0.15, -0.1) is 62.6 Å². The summed E-state index contributed by atoms with van der Waals surface area (Å²) in [6, 6.07) is 17.6. The average Bonchev–Trinajstić information content (AvgIpc) is 3.15. The SMILES string of the molecule is Cc1cc(N=Nc2cc(OCCCS(=O)(=O)O)c(N=Nc3c(C)c(C#N)c4nc5ccc(Cl)cc5n4c3O)cc2C)c(SCCCS(=O)(=O)O)cc1N=Nc1nc2c(S(=O)(=O)O)cc3ccc(S(=O)(=O)O)cc3c2s1.O=S(=O)=O.O=S(=O)=O. The van der Waals surface area contributed by atoms with Crippen molar-refractivity contribution in [2.45, 2.75) is 48.3 Å². The second kappa shape index (κ2) is 26.5. The zero-order chi connectivity index (χ0) is 61.5. The van der Waals surface area contributed by atoms with Crippen LogP contribution in [0.2, 0.25) is 5.02 Å². The zero-order valence-corrected chi connectivity index (χ0v) is 49.4. The molecule has 39 heteroatoms. The number of hydrogen-bond donors (Lipinski definition) is 5. The van der Waals surface area contributed by atoms with Crippen LogP contribution in [-0.2, 0) is 61.7 Å². The van der Waals surface area contributed by atoms with E-state index < -0.39 is 88.9 Å². The third kappa shape index (κ3) is 17.1. The molecule has 83 heavy (non-hydrogen) atoms. The van der Waals surface area contributed by atoms with Crippen LogP contribution in [-0.4, -0.2) is 120 Å². The summed E-state index contributed by atoms with van der Waals surface area (Å²) >= 11 is 8.21. The van der Waals surface area contributed by atoms with Crippen LogP contribution in [0.4, 0.5) is 33.6 Å². The number of pyridine rings is 1. The minimum absolute atomic E-state index is 0.0174. The lowest BCUT2D eigenvalue weighted by molar-refractivity contribution is 0.317. The molecular formula is C44H37ClN10O20S8. The maximum absolute atomic E-state index is 12.4. The van der Waals surface area contributed by atoms with Crippen molar-refractivity contribution < 1.29 is 87.0 Å². The van der Waals surface area contributed by atoms with Crippen LogP contribution in [0.5, 0.6) is 11.6 Å². The first-order valence-corrected chi connectivity index (χ1v) is 32.7. The van der Waals surface area contributed by atoms with Gasteiger partial charge in [0, 0.05) is 26.9 Å².